The molecule has 0 unspecified atom stereocenters. The molecule has 25 heavy (non-hydrogen) atoms. The molecule has 3 rings (SSSR count). The van der Waals surface area contributed by atoms with Gasteiger partial charge in [0.05, 0.1) is 0 Å². The van der Waals surface area contributed by atoms with Crippen molar-refractivity contribution in [1.82, 2.24) is 15.5 Å². The summed E-state index contributed by atoms with van der Waals surface area (Å²) >= 11 is 0. The first-order valence-corrected chi connectivity index (χ1v) is 7.75. The minimum Gasteiger partial charge on any atom is -0.363 e. The minimum atomic E-state index is -0.261. The number of amides is 2. The Morgan fingerprint density at radius 2 is 2.08 bits per heavy atom. The largest absolute Gasteiger partial charge is 0.363 e. The van der Waals surface area contributed by atoms with Crippen molar-refractivity contribution in [3.8, 4) is 0 Å². The van der Waals surface area contributed by atoms with Crippen molar-refractivity contribution in [1.29, 1.82) is 0 Å². The number of nitrogens with zero attached hydrogens (tertiary/aromatic N) is 2. The zero-order valence-electron chi connectivity index (χ0n) is 14.0. The molecule has 1 aromatic carbocycles. The number of halogens is 1. The van der Waals surface area contributed by atoms with Crippen molar-refractivity contribution in [2.75, 3.05) is 17.2 Å². The molecule has 0 bridgehead atoms. The Hall–Kier alpha value is -2.80. The summed E-state index contributed by atoms with van der Waals surface area (Å²) in [6, 6.07) is 9.43. The van der Waals surface area contributed by atoms with Gasteiger partial charge in [-0.05, 0) is 30.9 Å². The summed E-state index contributed by atoms with van der Waals surface area (Å²) in [6.07, 6.45) is 1.77. The van der Waals surface area contributed by atoms with Gasteiger partial charge in [0.1, 0.15) is 11.6 Å². The van der Waals surface area contributed by atoms with Gasteiger partial charge in [0.15, 0.2) is 5.82 Å². The maximum atomic E-state index is 11.6. The van der Waals surface area contributed by atoms with Gasteiger partial charge in [0.2, 0.25) is 0 Å². The monoisotopic (exact) mass is 361 g/mol. The highest BCUT2D eigenvalue weighted by atomic mass is 35.5. The van der Waals surface area contributed by atoms with E-state index >= 15 is 0 Å². The van der Waals surface area contributed by atoms with Crippen LogP contribution in [0, 0.1) is 6.92 Å². The highest BCUT2D eigenvalue weighted by Gasteiger charge is 2.06. The predicted molar refractivity (Wildman–Crippen MR) is 100 cm³/mol. The molecule has 132 valence electrons. The molecular weight excluding hydrogens is 342 g/mol. The van der Waals surface area contributed by atoms with E-state index in [0.29, 0.717) is 24.7 Å². The van der Waals surface area contributed by atoms with E-state index in [1.54, 1.807) is 6.20 Å². The summed E-state index contributed by atoms with van der Waals surface area (Å²) in [5.74, 6) is 1.98. The van der Waals surface area contributed by atoms with Crippen molar-refractivity contribution >= 4 is 40.8 Å². The molecule has 0 fully saturated rings. The fourth-order valence-electron chi connectivity index (χ4n) is 2.41. The van der Waals surface area contributed by atoms with E-state index in [0.717, 1.165) is 22.1 Å². The number of nitrogens with one attached hydrogen (secondary N) is 3. The number of carbonyl (C=O) groups is 1. The minimum absolute atomic E-state index is 0. The lowest BCUT2D eigenvalue weighted by Gasteiger charge is -2.09. The third-order valence-corrected chi connectivity index (χ3v) is 3.52. The van der Waals surface area contributed by atoms with Gasteiger partial charge in [-0.1, -0.05) is 23.4 Å². The number of carbonyl (C=O) groups excluding carboxylic acids is 1. The molecule has 0 saturated heterocycles. The molecule has 3 aromatic rings. The van der Waals surface area contributed by atoms with Crippen LogP contribution in [-0.2, 0) is 6.54 Å². The molecule has 0 aliphatic rings. The normalized spacial score (nSPS) is 10.2. The molecule has 0 aliphatic heterocycles. The number of benzene rings is 1. The van der Waals surface area contributed by atoms with Gasteiger partial charge in [-0.25, -0.2) is 9.78 Å². The van der Waals surface area contributed by atoms with Crippen LogP contribution in [0.4, 0.5) is 16.4 Å². The van der Waals surface area contributed by atoms with E-state index in [1.165, 1.54) is 0 Å². The van der Waals surface area contributed by atoms with E-state index in [4.69, 9.17) is 4.52 Å². The van der Waals surface area contributed by atoms with Crippen LogP contribution in [-0.4, -0.2) is 22.7 Å². The number of hydrogen-bond acceptors (Lipinski definition) is 5. The number of rotatable bonds is 5. The second-order valence-corrected chi connectivity index (χ2v) is 5.37. The number of aryl methyl sites for hydroxylation is 1. The Kier molecular flexibility index (Phi) is 6.19. The molecular formula is C17H20ClN5O2. The Morgan fingerprint density at radius 1 is 1.24 bits per heavy atom. The maximum Gasteiger partial charge on any atom is 0.320 e. The number of anilines is 2. The number of aromatic nitrogens is 2. The first-order valence-electron chi connectivity index (χ1n) is 7.75. The third kappa shape index (κ3) is 4.60. The van der Waals surface area contributed by atoms with Crippen LogP contribution < -0.4 is 16.0 Å². The zero-order valence-corrected chi connectivity index (χ0v) is 14.8. The van der Waals surface area contributed by atoms with E-state index < -0.39 is 0 Å². The van der Waals surface area contributed by atoms with Gasteiger partial charge in [0, 0.05) is 30.7 Å². The highest BCUT2D eigenvalue weighted by Crippen LogP contribution is 2.21. The number of fused-ring (bicyclic) bond motifs is 1. The van der Waals surface area contributed by atoms with Crippen LogP contribution in [0.25, 0.3) is 10.8 Å². The van der Waals surface area contributed by atoms with E-state index in [2.05, 4.69) is 26.1 Å². The molecule has 3 N–H and O–H groups in total. The SMILES string of the molecule is CCNC(=O)Nc1cc2cccc(CNc3cc(C)on3)c2cn1.Cl. The van der Waals surface area contributed by atoms with Crippen LogP contribution in [0.3, 0.4) is 0 Å². The fourth-order valence-corrected chi connectivity index (χ4v) is 2.41. The van der Waals surface area contributed by atoms with Gasteiger partial charge in [-0.15, -0.1) is 12.4 Å². The topological polar surface area (TPSA) is 92.1 Å². The molecule has 2 amide bonds. The van der Waals surface area contributed by atoms with Crippen molar-refractivity contribution in [3.63, 3.8) is 0 Å². The molecule has 0 radical (unpaired) electrons. The molecule has 0 spiro atoms. The van der Waals surface area contributed by atoms with Crippen LogP contribution in [0.2, 0.25) is 0 Å². The molecule has 2 heterocycles. The van der Waals surface area contributed by atoms with Crippen molar-refractivity contribution in [2.45, 2.75) is 20.4 Å². The summed E-state index contributed by atoms with van der Waals surface area (Å²) in [5, 5.41) is 14.6. The average Bonchev–Trinajstić information content (AvgIpc) is 2.98. The summed E-state index contributed by atoms with van der Waals surface area (Å²) in [4.78, 5) is 15.9. The molecule has 8 heteroatoms. The van der Waals surface area contributed by atoms with E-state index in [-0.39, 0.29) is 18.4 Å². The Balaban J connectivity index is 0.00000225. The second kappa shape index (κ2) is 8.34. The quantitative estimate of drug-likeness (QED) is 0.644. The number of hydrogen-bond donors (Lipinski definition) is 3. The Labute approximate surface area is 151 Å². The van der Waals surface area contributed by atoms with Gasteiger partial charge in [-0.3, -0.25) is 5.32 Å². The van der Waals surface area contributed by atoms with Crippen molar-refractivity contribution in [3.05, 3.63) is 47.9 Å². The van der Waals surface area contributed by atoms with Crippen molar-refractivity contribution < 1.29 is 9.32 Å². The lowest BCUT2D eigenvalue weighted by atomic mass is 10.1. The molecule has 0 aliphatic carbocycles. The van der Waals surface area contributed by atoms with Crippen LogP contribution in [0.5, 0.6) is 0 Å². The predicted octanol–water partition coefficient (Wildman–Crippen LogP) is 3.71. The standard InChI is InChI=1S/C17H19N5O2.ClH/c1-3-18-17(23)21-15-8-12-5-4-6-13(14(12)10-20-15)9-19-16-7-11(2)24-22-16;/h4-8,10H,3,9H2,1-2H3,(H,19,22)(H2,18,20,21,23);1H. The van der Waals surface area contributed by atoms with Gasteiger partial charge in [0.25, 0.3) is 0 Å². The molecule has 2 aromatic heterocycles. The molecule has 0 saturated carbocycles. The maximum absolute atomic E-state index is 11.6. The van der Waals surface area contributed by atoms with Gasteiger partial charge >= 0.3 is 6.03 Å². The van der Waals surface area contributed by atoms with E-state index in [9.17, 15) is 4.79 Å². The first-order chi connectivity index (χ1) is 11.7. The van der Waals surface area contributed by atoms with Crippen LogP contribution >= 0.6 is 12.4 Å². The second-order valence-electron chi connectivity index (χ2n) is 5.37. The molecule has 7 nitrogen and oxygen atoms in total. The lowest BCUT2D eigenvalue weighted by molar-refractivity contribution is 0.252. The fraction of sp³-hybridized carbons (Fsp3) is 0.235. The van der Waals surface area contributed by atoms with Gasteiger partial charge in [-0.2, -0.15) is 0 Å². The number of pyridine rings is 1. The van der Waals surface area contributed by atoms with Gasteiger partial charge < -0.3 is 15.2 Å². The summed E-state index contributed by atoms with van der Waals surface area (Å²) < 4.78 is 5.04. The summed E-state index contributed by atoms with van der Waals surface area (Å²) in [5.41, 5.74) is 1.09. The Morgan fingerprint density at radius 3 is 2.80 bits per heavy atom. The highest BCUT2D eigenvalue weighted by molar-refractivity contribution is 5.92. The molecule has 0 atom stereocenters. The summed E-state index contributed by atoms with van der Waals surface area (Å²) in [7, 11) is 0. The summed E-state index contributed by atoms with van der Waals surface area (Å²) in [6.45, 7) is 4.89. The third-order valence-electron chi connectivity index (χ3n) is 3.52. The lowest BCUT2D eigenvalue weighted by Crippen LogP contribution is -2.28. The first kappa shape index (κ1) is 18.5. The Bertz CT molecular complexity index is 865. The number of urea groups is 1. The average molecular weight is 362 g/mol. The van der Waals surface area contributed by atoms with Crippen LogP contribution in [0.15, 0.2) is 41.1 Å². The smallest absolute Gasteiger partial charge is 0.320 e. The van der Waals surface area contributed by atoms with E-state index in [1.807, 2.05) is 44.2 Å². The van der Waals surface area contributed by atoms with Crippen LogP contribution in [0.1, 0.15) is 18.2 Å². The van der Waals surface area contributed by atoms with Crippen molar-refractivity contribution in [2.24, 2.45) is 0 Å². The zero-order chi connectivity index (χ0) is 16.9.